The number of carbonyl (C=O) groups excluding carboxylic acids is 1. The molecular formula is C21H37NO6. The molecule has 1 aliphatic carbocycles. The Morgan fingerprint density at radius 2 is 1.96 bits per heavy atom. The summed E-state index contributed by atoms with van der Waals surface area (Å²) in [5.41, 5.74) is 0. The Morgan fingerprint density at radius 3 is 2.57 bits per heavy atom. The number of hydrogen-bond donors (Lipinski definition) is 2. The highest BCUT2D eigenvalue weighted by Crippen LogP contribution is 2.36. The maximum atomic E-state index is 12.5. The van der Waals surface area contributed by atoms with Gasteiger partial charge in [-0.3, -0.25) is 4.79 Å². The lowest BCUT2D eigenvalue weighted by Gasteiger charge is -2.38. The van der Waals surface area contributed by atoms with E-state index >= 15 is 0 Å². The summed E-state index contributed by atoms with van der Waals surface area (Å²) < 4.78 is 22.7. The van der Waals surface area contributed by atoms with Crippen molar-refractivity contribution >= 4 is 5.91 Å². The van der Waals surface area contributed by atoms with E-state index in [9.17, 15) is 4.79 Å². The molecule has 0 aromatic heterocycles. The van der Waals surface area contributed by atoms with Gasteiger partial charge in [0.2, 0.25) is 6.29 Å². The topological polar surface area (TPSA) is 86.3 Å². The monoisotopic (exact) mass is 399 g/mol. The predicted molar refractivity (Wildman–Crippen MR) is 105 cm³/mol. The largest absolute Gasteiger partial charge is 0.459 e. The first kappa shape index (κ1) is 23.1. The summed E-state index contributed by atoms with van der Waals surface area (Å²) in [5, 5.41) is 11.7. The minimum atomic E-state index is -0.446. The molecule has 28 heavy (non-hydrogen) atoms. The molecule has 0 aromatic rings. The number of carbonyl (C=O) groups is 1. The smallest absolute Gasteiger partial charge is 0.286 e. The number of aliphatic hydroxyl groups excluding tert-OH is 1. The first-order valence-electron chi connectivity index (χ1n) is 10.6. The molecule has 7 heteroatoms. The second kappa shape index (κ2) is 12.4. The van der Waals surface area contributed by atoms with E-state index in [4.69, 9.17) is 24.1 Å². The van der Waals surface area contributed by atoms with Crippen LogP contribution in [0.5, 0.6) is 0 Å². The molecule has 1 amide bonds. The van der Waals surface area contributed by atoms with Crippen LogP contribution in [0.3, 0.4) is 0 Å². The van der Waals surface area contributed by atoms with Crippen molar-refractivity contribution in [1.82, 2.24) is 5.32 Å². The molecule has 1 fully saturated rings. The zero-order valence-corrected chi connectivity index (χ0v) is 17.5. The maximum absolute atomic E-state index is 12.5. The van der Waals surface area contributed by atoms with Crippen molar-refractivity contribution in [3.05, 3.63) is 11.8 Å². The average molecular weight is 400 g/mol. The highest BCUT2D eigenvalue weighted by Gasteiger charge is 2.38. The van der Waals surface area contributed by atoms with E-state index in [2.05, 4.69) is 19.2 Å². The van der Waals surface area contributed by atoms with E-state index in [-0.39, 0.29) is 24.3 Å². The van der Waals surface area contributed by atoms with E-state index in [1.54, 1.807) is 0 Å². The molecule has 7 nitrogen and oxygen atoms in total. The molecule has 3 atom stereocenters. The summed E-state index contributed by atoms with van der Waals surface area (Å²) in [6.07, 6.45) is 4.70. The van der Waals surface area contributed by atoms with Crippen LogP contribution in [0.1, 0.15) is 40.0 Å². The van der Waals surface area contributed by atoms with Crippen LogP contribution in [-0.4, -0.2) is 63.5 Å². The third-order valence-electron chi connectivity index (χ3n) is 5.21. The Balaban J connectivity index is 1.91. The third kappa shape index (κ3) is 7.70. The molecule has 1 heterocycles. The highest BCUT2D eigenvalue weighted by molar-refractivity contribution is 5.91. The van der Waals surface area contributed by atoms with Gasteiger partial charge in [-0.05, 0) is 50.0 Å². The summed E-state index contributed by atoms with van der Waals surface area (Å²) in [6.45, 7) is 9.38. The molecule has 2 N–H and O–H groups in total. The molecule has 0 bridgehead atoms. The Hall–Kier alpha value is -1.15. The van der Waals surface area contributed by atoms with Gasteiger partial charge in [-0.1, -0.05) is 13.8 Å². The molecule has 1 aliphatic heterocycles. The van der Waals surface area contributed by atoms with Crippen molar-refractivity contribution in [1.29, 1.82) is 0 Å². The van der Waals surface area contributed by atoms with Crippen molar-refractivity contribution in [3.8, 4) is 0 Å². The van der Waals surface area contributed by atoms with Crippen LogP contribution in [0.4, 0.5) is 0 Å². The number of nitrogens with one attached hydrogen (secondary N) is 1. The first-order valence-corrected chi connectivity index (χ1v) is 10.6. The standard InChI is InChI=1S/C21H37NO6/c1-4-27-21-17(7-9-25-11-12-26-10-8-23)18(15(2)3)13-19(28-21)20(24)22-14-16-5-6-16/h13,15-18,21,23H,4-12,14H2,1-3H3,(H,22,24)/t17-,18+,21+/m0/s1. The van der Waals surface area contributed by atoms with E-state index in [1.165, 1.54) is 12.8 Å². The van der Waals surface area contributed by atoms with Crippen molar-refractivity contribution < 1.29 is 28.8 Å². The zero-order chi connectivity index (χ0) is 20.4. The molecule has 2 rings (SSSR count). The van der Waals surface area contributed by atoms with Gasteiger partial charge in [-0.2, -0.15) is 0 Å². The average Bonchev–Trinajstić information content (AvgIpc) is 3.50. The second-order valence-electron chi connectivity index (χ2n) is 7.85. The maximum Gasteiger partial charge on any atom is 0.286 e. The van der Waals surface area contributed by atoms with Crippen LogP contribution in [0.15, 0.2) is 11.8 Å². The number of allylic oxidation sites excluding steroid dienone is 1. The number of aliphatic hydroxyl groups is 1. The summed E-state index contributed by atoms with van der Waals surface area (Å²) in [5.74, 6) is 1.53. The van der Waals surface area contributed by atoms with Gasteiger partial charge in [-0.15, -0.1) is 0 Å². The van der Waals surface area contributed by atoms with Crippen molar-refractivity contribution in [2.45, 2.75) is 46.3 Å². The fourth-order valence-electron chi connectivity index (χ4n) is 3.45. The highest BCUT2D eigenvalue weighted by atomic mass is 16.7. The predicted octanol–water partition coefficient (Wildman–Crippen LogP) is 2.09. The van der Waals surface area contributed by atoms with Crippen molar-refractivity contribution in [2.24, 2.45) is 23.7 Å². The van der Waals surface area contributed by atoms with Gasteiger partial charge in [0, 0.05) is 25.7 Å². The molecule has 0 aromatic carbocycles. The molecule has 0 saturated heterocycles. The van der Waals surface area contributed by atoms with E-state index in [1.807, 2.05) is 13.0 Å². The van der Waals surface area contributed by atoms with Gasteiger partial charge in [0.05, 0.1) is 26.4 Å². The number of hydrogen-bond acceptors (Lipinski definition) is 6. The van der Waals surface area contributed by atoms with E-state index in [0.717, 1.165) is 13.0 Å². The van der Waals surface area contributed by atoms with Gasteiger partial charge in [0.15, 0.2) is 5.76 Å². The van der Waals surface area contributed by atoms with Crippen molar-refractivity contribution in [2.75, 3.05) is 46.2 Å². The summed E-state index contributed by atoms with van der Waals surface area (Å²) in [4.78, 5) is 12.5. The fraction of sp³-hybridized carbons (Fsp3) is 0.857. The lowest BCUT2D eigenvalue weighted by molar-refractivity contribution is -0.177. The van der Waals surface area contributed by atoms with Crippen LogP contribution in [0, 0.1) is 23.7 Å². The lowest BCUT2D eigenvalue weighted by atomic mass is 9.79. The summed E-state index contributed by atoms with van der Waals surface area (Å²) in [6, 6.07) is 0. The molecule has 2 aliphatic rings. The lowest BCUT2D eigenvalue weighted by Crippen LogP contribution is -2.41. The molecule has 1 saturated carbocycles. The molecule has 0 unspecified atom stereocenters. The van der Waals surface area contributed by atoms with Crippen LogP contribution in [0.2, 0.25) is 0 Å². The van der Waals surface area contributed by atoms with Crippen LogP contribution >= 0.6 is 0 Å². The number of rotatable bonds is 14. The Morgan fingerprint density at radius 1 is 1.25 bits per heavy atom. The minimum absolute atomic E-state index is 0.0222. The van der Waals surface area contributed by atoms with E-state index in [0.29, 0.717) is 50.6 Å². The van der Waals surface area contributed by atoms with Gasteiger partial charge in [-0.25, -0.2) is 0 Å². The first-order chi connectivity index (χ1) is 13.6. The third-order valence-corrected chi connectivity index (χ3v) is 5.21. The van der Waals surface area contributed by atoms with Gasteiger partial charge in [0.25, 0.3) is 5.91 Å². The van der Waals surface area contributed by atoms with Crippen LogP contribution in [-0.2, 0) is 23.7 Å². The fourth-order valence-corrected chi connectivity index (χ4v) is 3.45. The normalized spacial score (nSPS) is 24.8. The quantitative estimate of drug-likeness (QED) is 0.435. The molecule has 0 radical (unpaired) electrons. The Kier molecular flexibility index (Phi) is 10.3. The minimum Gasteiger partial charge on any atom is -0.459 e. The van der Waals surface area contributed by atoms with Gasteiger partial charge >= 0.3 is 0 Å². The van der Waals surface area contributed by atoms with Gasteiger partial charge < -0.3 is 29.4 Å². The molecular weight excluding hydrogens is 362 g/mol. The number of ether oxygens (including phenoxy) is 4. The Bertz CT molecular complexity index is 491. The summed E-state index contributed by atoms with van der Waals surface area (Å²) in [7, 11) is 0. The SMILES string of the molecule is CCO[C@@H]1OC(C(=O)NCC2CC2)=C[C@H](C(C)C)[C@@H]1CCOCCOCCO. The van der Waals surface area contributed by atoms with Crippen molar-refractivity contribution in [3.63, 3.8) is 0 Å². The van der Waals surface area contributed by atoms with Crippen LogP contribution < -0.4 is 5.32 Å². The number of amides is 1. The molecule has 162 valence electrons. The van der Waals surface area contributed by atoms with Crippen LogP contribution in [0.25, 0.3) is 0 Å². The van der Waals surface area contributed by atoms with E-state index < -0.39 is 6.29 Å². The Labute approximate surface area is 168 Å². The molecule has 0 spiro atoms. The zero-order valence-electron chi connectivity index (χ0n) is 17.5. The van der Waals surface area contributed by atoms with Gasteiger partial charge in [0.1, 0.15) is 0 Å². The second-order valence-corrected chi connectivity index (χ2v) is 7.85. The summed E-state index contributed by atoms with van der Waals surface area (Å²) >= 11 is 0.